The van der Waals surface area contributed by atoms with Crippen LogP contribution in [0.4, 0.5) is 5.82 Å². The molecule has 0 amide bonds. The first-order valence-electron chi connectivity index (χ1n) is 5.17. The maximum atomic E-state index is 11.5. The molecule has 1 aromatic heterocycles. The van der Waals surface area contributed by atoms with Crippen molar-refractivity contribution >= 4 is 11.8 Å². The molecule has 5 heteroatoms. The number of rotatable bonds is 4. The van der Waals surface area contributed by atoms with E-state index in [0.29, 0.717) is 19.0 Å². The molecule has 15 heavy (non-hydrogen) atoms. The van der Waals surface area contributed by atoms with E-state index in [-0.39, 0.29) is 5.69 Å². The van der Waals surface area contributed by atoms with Crippen LogP contribution in [0.3, 0.4) is 0 Å². The number of carbonyl (C=O) groups excluding carboxylic acids is 1. The molecule has 0 bridgehead atoms. The molecule has 0 fully saturated rings. The fraction of sp³-hybridized carbons (Fsp3) is 0.600. The summed E-state index contributed by atoms with van der Waals surface area (Å²) in [6.45, 7) is 6.74. The topological polar surface area (TPSA) is 70.1 Å². The van der Waals surface area contributed by atoms with E-state index in [2.05, 4.69) is 4.98 Å². The Hall–Kier alpha value is -1.52. The van der Waals surface area contributed by atoms with E-state index in [1.807, 2.05) is 18.4 Å². The second-order valence-corrected chi connectivity index (χ2v) is 3.08. The molecule has 2 N–H and O–H groups in total. The zero-order valence-corrected chi connectivity index (χ0v) is 9.41. The number of nitrogen functional groups attached to an aromatic ring is 1. The lowest BCUT2D eigenvalue weighted by Gasteiger charge is -2.04. The molecule has 0 aromatic carbocycles. The van der Waals surface area contributed by atoms with E-state index >= 15 is 0 Å². The first-order chi connectivity index (χ1) is 7.15. The number of hydrogen-bond donors (Lipinski definition) is 1. The first kappa shape index (κ1) is 11.6. The summed E-state index contributed by atoms with van der Waals surface area (Å²) in [5.74, 6) is 0.766. The van der Waals surface area contributed by atoms with E-state index in [9.17, 15) is 4.79 Å². The van der Waals surface area contributed by atoms with Gasteiger partial charge in [-0.1, -0.05) is 6.92 Å². The Morgan fingerprint density at radius 1 is 1.47 bits per heavy atom. The van der Waals surface area contributed by atoms with Crippen LogP contribution in [0.5, 0.6) is 0 Å². The lowest BCUT2D eigenvalue weighted by atomic mass is 10.4. The van der Waals surface area contributed by atoms with Gasteiger partial charge in [-0.05, 0) is 13.8 Å². The molecule has 5 nitrogen and oxygen atoms in total. The third-order valence-corrected chi connectivity index (χ3v) is 2.19. The summed E-state index contributed by atoms with van der Waals surface area (Å²) in [6, 6.07) is 0. The molecule has 1 heterocycles. The van der Waals surface area contributed by atoms with Gasteiger partial charge in [0.15, 0.2) is 5.69 Å². The molecule has 0 saturated carbocycles. The minimum absolute atomic E-state index is 0.232. The van der Waals surface area contributed by atoms with Gasteiger partial charge in [-0.25, -0.2) is 9.78 Å². The van der Waals surface area contributed by atoms with Crippen LogP contribution in [0.2, 0.25) is 0 Å². The average molecular weight is 211 g/mol. The smallest absolute Gasteiger partial charge is 0.360 e. The number of anilines is 1. The largest absolute Gasteiger partial charge is 0.461 e. The summed E-state index contributed by atoms with van der Waals surface area (Å²) in [6.07, 6.45) is 0.747. The average Bonchev–Trinajstić information content (AvgIpc) is 2.55. The van der Waals surface area contributed by atoms with E-state index < -0.39 is 5.97 Å². The predicted molar refractivity (Wildman–Crippen MR) is 57.6 cm³/mol. The summed E-state index contributed by atoms with van der Waals surface area (Å²) in [7, 11) is 0. The third-order valence-electron chi connectivity index (χ3n) is 2.19. The summed E-state index contributed by atoms with van der Waals surface area (Å²) in [5.41, 5.74) is 6.05. The molecule has 0 radical (unpaired) electrons. The van der Waals surface area contributed by atoms with Crippen molar-refractivity contribution in [2.75, 3.05) is 12.3 Å². The van der Waals surface area contributed by atoms with E-state index in [4.69, 9.17) is 10.5 Å². The Bertz CT molecular complexity index is 358. The predicted octanol–water partition coefficient (Wildman–Crippen LogP) is 1.22. The van der Waals surface area contributed by atoms with Crippen molar-refractivity contribution in [3.05, 3.63) is 11.5 Å². The molecule has 0 aliphatic carbocycles. The third kappa shape index (κ3) is 2.11. The number of aryl methyl sites for hydroxylation is 1. The Morgan fingerprint density at radius 3 is 2.53 bits per heavy atom. The quantitative estimate of drug-likeness (QED) is 0.760. The van der Waals surface area contributed by atoms with E-state index in [1.165, 1.54) is 0 Å². The van der Waals surface area contributed by atoms with Crippen molar-refractivity contribution in [2.45, 2.75) is 33.7 Å². The number of hydrogen-bond acceptors (Lipinski definition) is 4. The maximum absolute atomic E-state index is 11.5. The van der Waals surface area contributed by atoms with Crippen molar-refractivity contribution in [1.29, 1.82) is 0 Å². The second-order valence-electron chi connectivity index (χ2n) is 3.08. The molecule has 1 rings (SSSR count). The first-order valence-corrected chi connectivity index (χ1v) is 5.17. The fourth-order valence-electron chi connectivity index (χ4n) is 1.49. The zero-order valence-electron chi connectivity index (χ0n) is 9.41. The van der Waals surface area contributed by atoms with Crippen LogP contribution in [0.25, 0.3) is 0 Å². The van der Waals surface area contributed by atoms with Gasteiger partial charge in [0.2, 0.25) is 0 Å². The molecule has 0 aliphatic rings. The van der Waals surface area contributed by atoms with Crippen LogP contribution in [-0.4, -0.2) is 22.1 Å². The van der Waals surface area contributed by atoms with Crippen LogP contribution >= 0.6 is 0 Å². The molecule has 1 aromatic rings. The van der Waals surface area contributed by atoms with Gasteiger partial charge >= 0.3 is 5.97 Å². The van der Waals surface area contributed by atoms with Gasteiger partial charge in [-0.15, -0.1) is 0 Å². The molecule has 0 spiro atoms. The van der Waals surface area contributed by atoms with Gasteiger partial charge in [0.05, 0.1) is 6.61 Å². The molecule has 0 atom stereocenters. The number of carbonyl (C=O) groups is 1. The minimum atomic E-state index is -0.447. The van der Waals surface area contributed by atoms with Gasteiger partial charge in [0, 0.05) is 13.0 Å². The summed E-state index contributed by atoms with van der Waals surface area (Å²) in [5, 5.41) is 0. The Kier molecular flexibility index (Phi) is 3.71. The van der Waals surface area contributed by atoms with Gasteiger partial charge < -0.3 is 15.0 Å². The monoisotopic (exact) mass is 211 g/mol. The number of esters is 1. The lowest BCUT2D eigenvalue weighted by molar-refractivity contribution is 0.0521. The highest BCUT2D eigenvalue weighted by Crippen LogP contribution is 2.16. The number of nitrogens with zero attached hydrogens (tertiary/aromatic N) is 2. The maximum Gasteiger partial charge on any atom is 0.360 e. The summed E-state index contributed by atoms with van der Waals surface area (Å²) < 4.78 is 6.70. The van der Waals surface area contributed by atoms with E-state index in [1.54, 1.807) is 6.92 Å². The highest BCUT2D eigenvalue weighted by molar-refractivity contribution is 5.92. The fourth-order valence-corrected chi connectivity index (χ4v) is 1.49. The zero-order chi connectivity index (χ0) is 11.4. The molecule has 84 valence electrons. The van der Waals surface area contributed by atoms with Crippen LogP contribution in [0, 0.1) is 0 Å². The van der Waals surface area contributed by atoms with Crippen LogP contribution in [-0.2, 0) is 17.7 Å². The number of nitrogens with two attached hydrogens (primary N) is 1. The van der Waals surface area contributed by atoms with Crippen molar-refractivity contribution in [3.63, 3.8) is 0 Å². The Labute approximate surface area is 89.2 Å². The molecule has 0 unspecified atom stereocenters. The second kappa shape index (κ2) is 4.82. The standard InChI is InChI=1S/C10H17N3O2/c1-4-7-12-8(10(14)15-6-3)9(11)13(7)5-2/h4-6,11H2,1-3H3. The lowest BCUT2D eigenvalue weighted by Crippen LogP contribution is -2.09. The summed E-state index contributed by atoms with van der Waals surface area (Å²) >= 11 is 0. The Morgan fingerprint density at radius 2 is 2.13 bits per heavy atom. The molecule has 0 aliphatic heterocycles. The van der Waals surface area contributed by atoms with Crippen molar-refractivity contribution in [2.24, 2.45) is 0 Å². The van der Waals surface area contributed by atoms with Crippen molar-refractivity contribution < 1.29 is 9.53 Å². The van der Waals surface area contributed by atoms with E-state index in [0.717, 1.165) is 12.2 Å². The minimum Gasteiger partial charge on any atom is -0.461 e. The van der Waals surface area contributed by atoms with Gasteiger partial charge in [-0.2, -0.15) is 0 Å². The van der Waals surface area contributed by atoms with Crippen LogP contribution in [0.1, 0.15) is 37.1 Å². The summed E-state index contributed by atoms with van der Waals surface area (Å²) in [4.78, 5) is 15.7. The van der Waals surface area contributed by atoms with Gasteiger partial charge in [0.25, 0.3) is 0 Å². The van der Waals surface area contributed by atoms with Crippen molar-refractivity contribution in [3.8, 4) is 0 Å². The van der Waals surface area contributed by atoms with Gasteiger partial charge in [-0.3, -0.25) is 0 Å². The number of imidazole rings is 1. The van der Waals surface area contributed by atoms with Crippen LogP contribution < -0.4 is 5.73 Å². The highest BCUT2D eigenvalue weighted by atomic mass is 16.5. The Balaban J connectivity index is 3.09. The van der Waals surface area contributed by atoms with Crippen molar-refractivity contribution in [1.82, 2.24) is 9.55 Å². The molecular weight excluding hydrogens is 194 g/mol. The SMILES string of the molecule is CCOC(=O)c1nc(CC)n(CC)c1N. The normalized spacial score (nSPS) is 10.3. The number of aromatic nitrogens is 2. The highest BCUT2D eigenvalue weighted by Gasteiger charge is 2.19. The molecule has 0 saturated heterocycles. The molecular formula is C10H17N3O2. The van der Waals surface area contributed by atoms with Gasteiger partial charge in [0.1, 0.15) is 11.6 Å². The number of ether oxygens (including phenoxy) is 1. The van der Waals surface area contributed by atoms with Crippen LogP contribution in [0.15, 0.2) is 0 Å².